The Balaban J connectivity index is 2.51. The maximum atomic E-state index is 12.1. The van der Waals surface area contributed by atoms with Crippen molar-refractivity contribution in [3.8, 4) is 0 Å². The Morgan fingerprint density at radius 2 is 1.91 bits per heavy atom. The standard InChI is InChI=1S/C16H23NO6/c1-9(4-10(2)16(22)23-3)13(19)8-12(18)5-11-6-14(20)17-15(21)7-11/h4,9,11-12,18H,5-8H2,1-3H3,(H,17,20,21)/b10-4+/t9?,12-/m1/s1. The molecule has 7 heteroatoms. The number of methoxy groups -OCH3 is 1. The number of piperidine rings is 1. The first-order valence-electron chi connectivity index (χ1n) is 7.53. The van der Waals surface area contributed by atoms with E-state index in [4.69, 9.17) is 0 Å². The van der Waals surface area contributed by atoms with Gasteiger partial charge in [-0.05, 0) is 19.3 Å². The SMILES string of the molecule is COC(=O)/C(C)=C/C(C)C(=O)C[C@H](O)CC1CC(=O)NC(=O)C1. The Labute approximate surface area is 135 Å². The van der Waals surface area contributed by atoms with Gasteiger partial charge in [0, 0.05) is 30.8 Å². The summed E-state index contributed by atoms with van der Waals surface area (Å²) in [6.07, 6.45) is 1.07. The van der Waals surface area contributed by atoms with Crippen molar-refractivity contribution < 1.29 is 29.0 Å². The fraction of sp³-hybridized carbons (Fsp3) is 0.625. The number of aliphatic hydroxyl groups excluding tert-OH is 1. The summed E-state index contributed by atoms with van der Waals surface area (Å²) >= 11 is 0. The second kappa shape index (κ2) is 8.57. The number of hydrogen-bond donors (Lipinski definition) is 2. The largest absolute Gasteiger partial charge is 0.466 e. The van der Waals surface area contributed by atoms with Crippen molar-refractivity contribution in [3.63, 3.8) is 0 Å². The molecular formula is C16H23NO6. The first kappa shape index (κ1) is 19.0. The number of aliphatic hydroxyl groups is 1. The number of imide groups is 1. The first-order valence-corrected chi connectivity index (χ1v) is 7.53. The summed E-state index contributed by atoms with van der Waals surface area (Å²) in [5.41, 5.74) is 0.331. The molecule has 1 fully saturated rings. The van der Waals surface area contributed by atoms with Gasteiger partial charge in [0.2, 0.25) is 11.8 Å². The molecular weight excluding hydrogens is 302 g/mol. The van der Waals surface area contributed by atoms with E-state index in [1.807, 2.05) is 0 Å². The van der Waals surface area contributed by atoms with Crippen LogP contribution in [0.4, 0.5) is 0 Å². The summed E-state index contributed by atoms with van der Waals surface area (Å²) in [7, 11) is 1.26. The first-order chi connectivity index (χ1) is 10.7. The summed E-state index contributed by atoms with van der Waals surface area (Å²) in [6.45, 7) is 3.19. The zero-order valence-corrected chi connectivity index (χ0v) is 13.6. The Hall–Kier alpha value is -2.02. The highest BCUT2D eigenvalue weighted by Gasteiger charge is 2.28. The van der Waals surface area contributed by atoms with Crippen molar-refractivity contribution >= 4 is 23.6 Å². The number of nitrogens with one attached hydrogen (secondary N) is 1. The van der Waals surface area contributed by atoms with Crippen molar-refractivity contribution in [2.45, 2.75) is 45.6 Å². The molecule has 1 heterocycles. The van der Waals surface area contributed by atoms with Crippen molar-refractivity contribution in [3.05, 3.63) is 11.6 Å². The molecule has 0 spiro atoms. The molecule has 2 N–H and O–H groups in total. The van der Waals surface area contributed by atoms with Gasteiger partial charge >= 0.3 is 5.97 Å². The van der Waals surface area contributed by atoms with Gasteiger partial charge in [-0.2, -0.15) is 0 Å². The van der Waals surface area contributed by atoms with Gasteiger partial charge in [-0.1, -0.05) is 13.0 Å². The van der Waals surface area contributed by atoms with E-state index in [0.717, 1.165) is 0 Å². The van der Waals surface area contributed by atoms with Gasteiger partial charge in [0.15, 0.2) is 0 Å². The summed E-state index contributed by atoms with van der Waals surface area (Å²) in [5, 5.41) is 12.2. The molecule has 23 heavy (non-hydrogen) atoms. The van der Waals surface area contributed by atoms with Gasteiger partial charge in [-0.3, -0.25) is 19.7 Å². The highest BCUT2D eigenvalue weighted by molar-refractivity contribution is 5.97. The zero-order valence-electron chi connectivity index (χ0n) is 13.6. The number of Topliss-reactive ketones (excluding diaryl/α,β-unsaturated/α-hetero) is 1. The third-order valence-electron chi connectivity index (χ3n) is 3.78. The Bertz CT molecular complexity index is 509. The van der Waals surface area contributed by atoms with Crippen LogP contribution < -0.4 is 5.32 Å². The van der Waals surface area contributed by atoms with Crippen LogP contribution in [0.1, 0.15) is 39.5 Å². The fourth-order valence-corrected chi connectivity index (χ4v) is 2.60. The lowest BCUT2D eigenvalue weighted by Crippen LogP contribution is -2.39. The van der Waals surface area contributed by atoms with Crippen LogP contribution in [0.15, 0.2) is 11.6 Å². The summed E-state index contributed by atoms with van der Waals surface area (Å²) in [4.78, 5) is 45.9. The van der Waals surface area contributed by atoms with Gasteiger partial charge in [-0.25, -0.2) is 4.79 Å². The van der Waals surface area contributed by atoms with Crippen LogP contribution in [0, 0.1) is 11.8 Å². The van der Waals surface area contributed by atoms with Crippen LogP contribution in [0.2, 0.25) is 0 Å². The predicted octanol–water partition coefficient (Wildman–Crippen LogP) is 0.505. The van der Waals surface area contributed by atoms with E-state index in [0.29, 0.717) is 5.57 Å². The monoisotopic (exact) mass is 325 g/mol. The molecule has 0 aliphatic carbocycles. The average molecular weight is 325 g/mol. The highest BCUT2D eigenvalue weighted by Crippen LogP contribution is 2.21. The van der Waals surface area contributed by atoms with E-state index in [-0.39, 0.29) is 49.2 Å². The maximum absolute atomic E-state index is 12.1. The number of ether oxygens (including phenoxy) is 1. The molecule has 1 aliphatic rings. The van der Waals surface area contributed by atoms with E-state index < -0.39 is 18.0 Å². The van der Waals surface area contributed by atoms with Gasteiger partial charge in [0.05, 0.1) is 13.2 Å². The molecule has 2 atom stereocenters. The molecule has 7 nitrogen and oxygen atoms in total. The zero-order chi connectivity index (χ0) is 17.6. The molecule has 0 saturated carbocycles. The molecule has 1 aliphatic heterocycles. The molecule has 0 bridgehead atoms. The van der Waals surface area contributed by atoms with Crippen LogP contribution in [-0.4, -0.2) is 41.9 Å². The predicted molar refractivity (Wildman–Crippen MR) is 81.1 cm³/mol. The lowest BCUT2D eigenvalue weighted by Gasteiger charge is -2.23. The lowest BCUT2D eigenvalue weighted by atomic mass is 9.88. The highest BCUT2D eigenvalue weighted by atomic mass is 16.5. The molecule has 0 radical (unpaired) electrons. The van der Waals surface area contributed by atoms with Crippen LogP contribution in [0.3, 0.4) is 0 Å². The normalized spacial score (nSPS) is 19.0. The molecule has 0 aromatic heterocycles. The number of allylic oxidation sites excluding steroid dienone is 1. The average Bonchev–Trinajstić information content (AvgIpc) is 2.44. The van der Waals surface area contributed by atoms with Gasteiger partial charge in [-0.15, -0.1) is 0 Å². The number of ketones is 1. The minimum Gasteiger partial charge on any atom is -0.466 e. The van der Waals surface area contributed by atoms with Gasteiger partial charge in [0.1, 0.15) is 5.78 Å². The topological polar surface area (TPSA) is 110 Å². The van der Waals surface area contributed by atoms with E-state index in [9.17, 15) is 24.3 Å². The van der Waals surface area contributed by atoms with Crippen molar-refractivity contribution in [2.75, 3.05) is 7.11 Å². The number of carbonyl (C=O) groups is 4. The quantitative estimate of drug-likeness (QED) is 0.401. The van der Waals surface area contributed by atoms with Crippen molar-refractivity contribution in [1.82, 2.24) is 5.32 Å². The van der Waals surface area contributed by atoms with E-state index in [1.165, 1.54) is 13.2 Å². The Morgan fingerprint density at radius 1 is 1.35 bits per heavy atom. The lowest BCUT2D eigenvalue weighted by molar-refractivity contribution is -0.136. The van der Waals surface area contributed by atoms with Gasteiger partial charge < -0.3 is 9.84 Å². The number of rotatable bonds is 7. The third-order valence-corrected chi connectivity index (χ3v) is 3.78. The van der Waals surface area contributed by atoms with Crippen molar-refractivity contribution in [1.29, 1.82) is 0 Å². The van der Waals surface area contributed by atoms with E-state index >= 15 is 0 Å². The number of carbonyl (C=O) groups excluding carboxylic acids is 4. The molecule has 1 saturated heterocycles. The summed E-state index contributed by atoms with van der Waals surface area (Å²) in [5.74, 6) is -2.20. The number of hydrogen-bond acceptors (Lipinski definition) is 6. The number of amides is 2. The van der Waals surface area contributed by atoms with Crippen LogP contribution in [0.5, 0.6) is 0 Å². The molecule has 1 rings (SSSR count). The van der Waals surface area contributed by atoms with Crippen LogP contribution in [-0.2, 0) is 23.9 Å². The van der Waals surface area contributed by atoms with E-state index in [2.05, 4.69) is 10.1 Å². The van der Waals surface area contributed by atoms with Gasteiger partial charge in [0.25, 0.3) is 0 Å². The smallest absolute Gasteiger partial charge is 0.333 e. The Morgan fingerprint density at radius 3 is 2.43 bits per heavy atom. The van der Waals surface area contributed by atoms with Crippen LogP contribution in [0.25, 0.3) is 0 Å². The fourth-order valence-electron chi connectivity index (χ4n) is 2.60. The minimum atomic E-state index is -0.916. The number of esters is 1. The summed E-state index contributed by atoms with van der Waals surface area (Å²) in [6, 6.07) is 0. The summed E-state index contributed by atoms with van der Waals surface area (Å²) < 4.78 is 4.56. The maximum Gasteiger partial charge on any atom is 0.333 e. The van der Waals surface area contributed by atoms with Crippen LogP contribution >= 0.6 is 0 Å². The molecule has 1 unspecified atom stereocenters. The molecule has 0 aromatic carbocycles. The Kier molecular flexibility index (Phi) is 7.09. The van der Waals surface area contributed by atoms with E-state index in [1.54, 1.807) is 13.8 Å². The molecule has 0 aromatic rings. The molecule has 2 amide bonds. The minimum absolute atomic E-state index is 0.0849. The molecule has 128 valence electrons. The second-order valence-corrected chi connectivity index (χ2v) is 5.94. The third kappa shape index (κ3) is 6.32. The second-order valence-electron chi connectivity index (χ2n) is 5.94. The van der Waals surface area contributed by atoms with Crippen molar-refractivity contribution in [2.24, 2.45) is 11.8 Å².